The van der Waals surface area contributed by atoms with E-state index in [0.717, 1.165) is 19.0 Å². The summed E-state index contributed by atoms with van der Waals surface area (Å²) >= 11 is 0. The Morgan fingerprint density at radius 3 is 1.29 bits per heavy atom. The Morgan fingerprint density at radius 1 is 1.14 bits per heavy atom. The van der Waals surface area contributed by atoms with E-state index in [1.807, 2.05) is 27.8 Å². The first kappa shape index (κ1) is 23.4. The highest BCUT2D eigenvalue weighted by Gasteiger charge is 1.68. The van der Waals surface area contributed by atoms with Crippen LogP contribution in [0.1, 0.15) is 48.5 Å². The summed E-state index contributed by atoms with van der Waals surface area (Å²) in [5, 5.41) is 2.93. The molecular weight excluding hydrogens is 172 g/mol. The van der Waals surface area contributed by atoms with Crippen LogP contribution in [0.5, 0.6) is 0 Å². The molecule has 0 spiro atoms. The summed E-state index contributed by atoms with van der Waals surface area (Å²) < 4.78 is 0. The third-order valence-corrected chi connectivity index (χ3v) is 0.577. The van der Waals surface area contributed by atoms with Gasteiger partial charge in [-0.25, -0.2) is 0 Å². The Hall–Kier alpha value is -0.370. The Bertz CT molecular complexity index is 56.6. The van der Waals surface area contributed by atoms with Gasteiger partial charge in [-0.2, -0.15) is 0 Å². The van der Waals surface area contributed by atoms with Gasteiger partial charge in [-0.15, -0.1) is 0 Å². The summed E-state index contributed by atoms with van der Waals surface area (Å²) in [7, 11) is 1.93. The summed E-state index contributed by atoms with van der Waals surface area (Å²) in [4.78, 5) is 3.49. The van der Waals surface area contributed by atoms with E-state index < -0.39 is 0 Å². The molecule has 0 rings (SSSR count). The van der Waals surface area contributed by atoms with Crippen molar-refractivity contribution in [2.24, 2.45) is 10.9 Å². The van der Waals surface area contributed by atoms with E-state index in [1.54, 1.807) is 0 Å². The van der Waals surface area contributed by atoms with E-state index in [4.69, 9.17) is 0 Å². The van der Waals surface area contributed by atoms with E-state index in [1.165, 1.54) is 0 Å². The minimum absolute atomic E-state index is 0.833. The maximum atomic E-state index is 3.49. The van der Waals surface area contributed by atoms with Gasteiger partial charge in [0.05, 0.1) is 0 Å². The van der Waals surface area contributed by atoms with Crippen LogP contribution in [0.15, 0.2) is 4.99 Å². The van der Waals surface area contributed by atoms with E-state index in [-0.39, 0.29) is 0 Å². The first-order valence-electron chi connectivity index (χ1n) is 5.63. The lowest BCUT2D eigenvalue weighted by Gasteiger charge is -1.79. The van der Waals surface area contributed by atoms with E-state index in [2.05, 4.69) is 44.7 Å². The smallest absolute Gasteiger partial charge is 0.0353 e. The normalized spacial score (nSPS) is 6.93. The number of rotatable bonds is 2. The van der Waals surface area contributed by atoms with Crippen molar-refractivity contribution in [1.29, 1.82) is 0 Å². The molecular formula is C12H32N2. The van der Waals surface area contributed by atoms with Gasteiger partial charge >= 0.3 is 0 Å². The van der Waals surface area contributed by atoms with Crippen LogP contribution in [-0.2, 0) is 0 Å². The zero-order valence-electron chi connectivity index (χ0n) is 11.6. The highest BCUT2D eigenvalue weighted by molar-refractivity contribution is 5.22. The molecule has 0 atom stereocenters. The third-order valence-electron chi connectivity index (χ3n) is 0.577. The average Bonchev–Trinajstić information content (AvgIpc) is 2.20. The highest BCUT2D eigenvalue weighted by atomic mass is 14.8. The maximum absolute atomic E-state index is 3.49. The van der Waals surface area contributed by atoms with Crippen LogP contribution in [0.25, 0.3) is 0 Å². The molecule has 0 aromatic rings. The standard InChI is InChI=1S/C4H10.C3H9N.C3H7N.C2H6/c1-4(2)3;2*1-3-4-2;1-2/h4H,1-3H3;4H,3H2,1-2H3;2-3H2,1H3;1-2H3. The summed E-state index contributed by atoms with van der Waals surface area (Å²) in [6, 6.07) is 0. The molecule has 2 nitrogen and oxygen atoms in total. The van der Waals surface area contributed by atoms with Gasteiger partial charge in [0.15, 0.2) is 0 Å². The summed E-state index contributed by atoms with van der Waals surface area (Å²) in [6.45, 7) is 19.7. The van der Waals surface area contributed by atoms with Crippen molar-refractivity contribution in [2.75, 3.05) is 20.1 Å². The Kier molecular flexibility index (Phi) is 65.1. The van der Waals surface area contributed by atoms with Gasteiger partial charge in [-0.05, 0) is 33.2 Å². The zero-order chi connectivity index (χ0) is 12.4. The molecule has 14 heavy (non-hydrogen) atoms. The number of hydrogen-bond donors (Lipinski definition) is 1. The first-order valence-corrected chi connectivity index (χ1v) is 5.63. The maximum Gasteiger partial charge on any atom is 0.0353 e. The molecule has 0 heterocycles. The lowest BCUT2D eigenvalue weighted by molar-refractivity contribution is 0.737. The molecule has 2 heteroatoms. The van der Waals surface area contributed by atoms with Gasteiger partial charge in [0.2, 0.25) is 0 Å². The van der Waals surface area contributed by atoms with E-state index in [9.17, 15) is 0 Å². The average molecular weight is 204 g/mol. The van der Waals surface area contributed by atoms with Gasteiger partial charge in [0, 0.05) is 6.54 Å². The summed E-state index contributed by atoms with van der Waals surface area (Å²) in [5.41, 5.74) is 0. The van der Waals surface area contributed by atoms with Gasteiger partial charge in [0.25, 0.3) is 0 Å². The second kappa shape index (κ2) is 38.9. The molecule has 0 saturated heterocycles. The number of hydrogen-bond acceptors (Lipinski definition) is 2. The van der Waals surface area contributed by atoms with E-state index >= 15 is 0 Å². The van der Waals surface area contributed by atoms with Crippen LogP contribution >= 0.6 is 0 Å². The molecule has 0 bridgehead atoms. The molecule has 0 aromatic carbocycles. The van der Waals surface area contributed by atoms with Gasteiger partial charge < -0.3 is 10.3 Å². The molecule has 1 N–H and O–H groups in total. The minimum atomic E-state index is 0.833. The zero-order valence-corrected chi connectivity index (χ0v) is 11.6. The molecule has 0 unspecified atom stereocenters. The van der Waals surface area contributed by atoms with Crippen molar-refractivity contribution >= 4 is 6.72 Å². The SMILES string of the molecule is C=NCC.CC.CC(C)C.CCNC. The quantitative estimate of drug-likeness (QED) is 0.683. The predicted octanol–water partition coefficient (Wildman–Crippen LogP) is 3.62. The van der Waals surface area contributed by atoms with Gasteiger partial charge in [-0.3, -0.25) is 0 Å². The summed E-state index contributed by atoms with van der Waals surface area (Å²) in [6.07, 6.45) is 0. The minimum Gasteiger partial charge on any atom is -0.320 e. The van der Waals surface area contributed by atoms with Gasteiger partial charge in [0.1, 0.15) is 0 Å². The van der Waals surface area contributed by atoms with Crippen molar-refractivity contribution in [3.63, 3.8) is 0 Å². The van der Waals surface area contributed by atoms with Crippen LogP contribution in [-0.4, -0.2) is 26.9 Å². The van der Waals surface area contributed by atoms with Crippen molar-refractivity contribution in [2.45, 2.75) is 48.5 Å². The fourth-order valence-electron chi connectivity index (χ4n) is 0. The van der Waals surface area contributed by atoms with Crippen molar-refractivity contribution < 1.29 is 0 Å². The van der Waals surface area contributed by atoms with Crippen LogP contribution in [0, 0.1) is 5.92 Å². The van der Waals surface area contributed by atoms with Gasteiger partial charge in [-0.1, -0.05) is 41.5 Å². The monoisotopic (exact) mass is 204 g/mol. The number of nitrogens with zero attached hydrogens (tertiary/aromatic N) is 1. The first-order chi connectivity index (χ1) is 6.56. The largest absolute Gasteiger partial charge is 0.320 e. The number of nitrogens with one attached hydrogen (secondary N) is 1. The summed E-state index contributed by atoms with van der Waals surface area (Å²) in [5.74, 6) is 0.833. The Morgan fingerprint density at radius 2 is 1.29 bits per heavy atom. The Labute approximate surface area is 92.2 Å². The van der Waals surface area contributed by atoms with Crippen LogP contribution in [0.4, 0.5) is 0 Å². The molecule has 0 aliphatic heterocycles. The third kappa shape index (κ3) is 495. The predicted molar refractivity (Wildman–Crippen MR) is 71.6 cm³/mol. The second-order valence-electron chi connectivity index (χ2n) is 2.98. The van der Waals surface area contributed by atoms with Crippen LogP contribution in [0.3, 0.4) is 0 Å². The topological polar surface area (TPSA) is 24.4 Å². The molecule has 90 valence electrons. The molecule has 0 aromatic heterocycles. The molecule has 0 saturated carbocycles. The van der Waals surface area contributed by atoms with Crippen molar-refractivity contribution in [3.05, 3.63) is 0 Å². The second-order valence-corrected chi connectivity index (χ2v) is 2.98. The molecule has 0 amide bonds. The van der Waals surface area contributed by atoms with E-state index in [0.29, 0.717) is 0 Å². The van der Waals surface area contributed by atoms with Crippen molar-refractivity contribution in [1.82, 2.24) is 5.32 Å². The Balaban J connectivity index is -0.0000000492. The van der Waals surface area contributed by atoms with Crippen LogP contribution in [0.2, 0.25) is 0 Å². The molecule has 0 aliphatic carbocycles. The molecule has 0 fully saturated rings. The fraction of sp³-hybridized carbons (Fsp3) is 0.917. The molecule has 0 aliphatic rings. The lowest BCUT2D eigenvalue weighted by atomic mass is 10.3. The van der Waals surface area contributed by atoms with Crippen LogP contribution < -0.4 is 5.32 Å². The highest BCUT2D eigenvalue weighted by Crippen LogP contribution is 1.81. The van der Waals surface area contributed by atoms with Crippen molar-refractivity contribution in [3.8, 4) is 0 Å². The molecule has 0 radical (unpaired) electrons. The fourth-order valence-corrected chi connectivity index (χ4v) is 0. The lowest BCUT2D eigenvalue weighted by Crippen LogP contribution is -2.01. The number of aliphatic imine (C=N–C) groups is 1.